The summed E-state index contributed by atoms with van der Waals surface area (Å²) in [5.74, 6) is -0.182. The molecule has 2 aromatic rings. The van der Waals surface area contributed by atoms with Gasteiger partial charge < -0.3 is 14.8 Å². The Morgan fingerprint density at radius 1 is 0.962 bits per heavy atom. The van der Waals surface area contributed by atoms with E-state index in [0.717, 1.165) is 4.90 Å². The van der Waals surface area contributed by atoms with Gasteiger partial charge in [-0.1, -0.05) is 29.3 Å². The summed E-state index contributed by atoms with van der Waals surface area (Å²) < 4.78 is 10.2. The van der Waals surface area contributed by atoms with Crippen LogP contribution in [0.2, 0.25) is 5.02 Å². The van der Waals surface area contributed by atoms with Crippen LogP contribution in [-0.4, -0.2) is 26.0 Å². The molecule has 0 saturated heterocycles. The number of carbonyl (C=O) groups is 2. The number of hydrogen-bond donors (Lipinski definition) is 1. The van der Waals surface area contributed by atoms with E-state index in [1.54, 1.807) is 42.5 Å². The Kier molecular flexibility index (Phi) is 5.06. The van der Waals surface area contributed by atoms with Crippen molar-refractivity contribution >= 4 is 46.4 Å². The van der Waals surface area contributed by atoms with Crippen LogP contribution in [0.5, 0.6) is 11.5 Å². The SMILES string of the molecule is COc1cccc(N2C(=O)C(Cl)=C(Nc3ccc(OC)c(Cl)c3)C2=O)c1. The second-order valence-electron chi connectivity index (χ2n) is 5.31. The molecule has 1 aliphatic rings. The van der Waals surface area contributed by atoms with Gasteiger partial charge >= 0.3 is 0 Å². The zero-order valence-electron chi connectivity index (χ0n) is 13.9. The lowest BCUT2D eigenvalue weighted by atomic mass is 10.2. The largest absolute Gasteiger partial charge is 0.497 e. The molecule has 1 aliphatic heterocycles. The van der Waals surface area contributed by atoms with E-state index in [4.69, 9.17) is 32.7 Å². The molecule has 8 heteroatoms. The number of nitrogens with zero attached hydrogens (tertiary/aromatic N) is 1. The number of halogens is 2. The zero-order chi connectivity index (χ0) is 18.8. The van der Waals surface area contributed by atoms with E-state index in [2.05, 4.69) is 5.32 Å². The number of anilines is 2. The summed E-state index contributed by atoms with van der Waals surface area (Å²) in [5, 5.41) is 3.01. The van der Waals surface area contributed by atoms with Crippen LogP contribution in [0.3, 0.4) is 0 Å². The molecule has 0 aliphatic carbocycles. The van der Waals surface area contributed by atoms with Crippen LogP contribution in [0.15, 0.2) is 53.2 Å². The van der Waals surface area contributed by atoms with Crippen molar-refractivity contribution in [3.05, 3.63) is 58.2 Å². The second-order valence-corrected chi connectivity index (χ2v) is 6.10. The highest BCUT2D eigenvalue weighted by Gasteiger charge is 2.39. The van der Waals surface area contributed by atoms with Crippen LogP contribution in [0, 0.1) is 0 Å². The van der Waals surface area contributed by atoms with Crippen molar-refractivity contribution in [2.75, 3.05) is 24.4 Å². The molecule has 3 rings (SSSR count). The number of methoxy groups -OCH3 is 2. The van der Waals surface area contributed by atoms with Crippen LogP contribution in [0.4, 0.5) is 11.4 Å². The first-order valence-electron chi connectivity index (χ1n) is 7.49. The van der Waals surface area contributed by atoms with Gasteiger partial charge in [0.05, 0.1) is 24.9 Å². The fourth-order valence-electron chi connectivity index (χ4n) is 2.48. The normalized spacial score (nSPS) is 14.1. The molecule has 6 nitrogen and oxygen atoms in total. The molecule has 0 aromatic heterocycles. The number of rotatable bonds is 5. The minimum atomic E-state index is -0.618. The van der Waals surface area contributed by atoms with Crippen molar-refractivity contribution in [2.45, 2.75) is 0 Å². The highest BCUT2D eigenvalue weighted by Crippen LogP contribution is 2.33. The van der Waals surface area contributed by atoms with E-state index in [9.17, 15) is 9.59 Å². The third-order valence-electron chi connectivity index (χ3n) is 3.76. The number of amides is 2. The lowest BCUT2D eigenvalue weighted by Crippen LogP contribution is -2.32. The molecule has 2 amide bonds. The highest BCUT2D eigenvalue weighted by atomic mass is 35.5. The third-order valence-corrected chi connectivity index (χ3v) is 4.41. The predicted octanol–water partition coefficient (Wildman–Crippen LogP) is 3.79. The summed E-state index contributed by atoms with van der Waals surface area (Å²) in [6.07, 6.45) is 0. The molecule has 0 spiro atoms. The lowest BCUT2D eigenvalue weighted by Gasteiger charge is -2.16. The van der Waals surface area contributed by atoms with Gasteiger partial charge in [0.25, 0.3) is 11.8 Å². The van der Waals surface area contributed by atoms with Gasteiger partial charge in [-0.3, -0.25) is 9.59 Å². The zero-order valence-corrected chi connectivity index (χ0v) is 15.4. The van der Waals surface area contributed by atoms with Crippen molar-refractivity contribution in [1.82, 2.24) is 0 Å². The van der Waals surface area contributed by atoms with E-state index in [0.29, 0.717) is 27.9 Å². The molecule has 1 heterocycles. The molecule has 0 radical (unpaired) electrons. The minimum Gasteiger partial charge on any atom is -0.497 e. The molecule has 0 bridgehead atoms. The fourth-order valence-corrected chi connectivity index (χ4v) is 2.95. The lowest BCUT2D eigenvalue weighted by molar-refractivity contribution is -0.120. The number of carbonyl (C=O) groups excluding carboxylic acids is 2. The Balaban J connectivity index is 1.90. The molecule has 0 fully saturated rings. The Bertz CT molecular complexity index is 927. The van der Waals surface area contributed by atoms with E-state index >= 15 is 0 Å². The maximum absolute atomic E-state index is 12.7. The summed E-state index contributed by atoms with van der Waals surface area (Å²) in [6.45, 7) is 0. The van der Waals surface area contributed by atoms with Gasteiger partial charge in [0.1, 0.15) is 22.2 Å². The van der Waals surface area contributed by atoms with Gasteiger partial charge in [-0.15, -0.1) is 0 Å². The molecular formula is C18H14Cl2N2O4. The van der Waals surface area contributed by atoms with Crippen molar-refractivity contribution in [3.8, 4) is 11.5 Å². The average molecular weight is 393 g/mol. The van der Waals surface area contributed by atoms with Crippen LogP contribution in [0.25, 0.3) is 0 Å². The maximum Gasteiger partial charge on any atom is 0.283 e. The number of benzene rings is 2. The van der Waals surface area contributed by atoms with Crippen molar-refractivity contribution in [3.63, 3.8) is 0 Å². The topological polar surface area (TPSA) is 67.9 Å². The van der Waals surface area contributed by atoms with Crippen LogP contribution in [0.1, 0.15) is 0 Å². The smallest absolute Gasteiger partial charge is 0.283 e. The van der Waals surface area contributed by atoms with Crippen LogP contribution >= 0.6 is 23.2 Å². The van der Waals surface area contributed by atoms with Gasteiger partial charge in [-0.25, -0.2) is 4.90 Å². The molecular weight excluding hydrogens is 379 g/mol. The summed E-state index contributed by atoms with van der Waals surface area (Å²) in [6, 6.07) is 11.5. The average Bonchev–Trinajstić information content (AvgIpc) is 2.85. The first kappa shape index (κ1) is 18.1. The molecule has 2 aromatic carbocycles. The summed E-state index contributed by atoms with van der Waals surface area (Å²) >= 11 is 12.2. The first-order chi connectivity index (χ1) is 12.5. The monoisotopic (exact) mass is 392 g/mol. The van der Waals surface area contributed by atoms with Gasteiger partial charge in [0, 0.05) is 11.8 Å². The molecule has 26 heavy (non-hydrogen) atoms. The fraction of sp³-hybridized carbons (Fsp3) is 0.111. The van der Waals surface area contributed by atoms with Gasteiger partial charge in [0.15, 0.2) is 0 Å². The summed E-state index contributed by atoms with van der Waals surface area (Å²) in [7, 11) is 3.00. The molecule has 1 N–H and O–H groups in total. The standard InChI is InChI=1S/C18H14Cl2N2O4/c1-25-12-5-3-4-11(9-12)22-17(23)15(20)16(18(22)24)21-10-6-7-14(26-2)13(19)8-10/h3-9,21H,1-2H3. The molecule has 0 saturated carbocycles. The van der Waals surface area contributed by atoms with E-state index in [-0.39, 0.29) is 10.7 Å². The number of hydrogen-bond acceptors (Lipinski definition) is 5. The van der Waals surface area contributed by atoms with Crippen molar-refractivity contribution in [1.29, 1.82) is 0 Å². The molecule has 134 valence electrons. The van der Waals surface area contributed by atoms with Crippen molar-refractivity contribution < 1.29 is 19.1 Å². The first-order valence-corrected chi connectivity index (χ1v) is 8.25. The summed E-state index contributed by atoms with van der Waals surface area (Å²) in [4.78, 5) is 26.2. The number of ether oxygens (including phenoxy) is 2. The molecule has 0 unspecified atom stereocenters. The Labute approximate surface area is 159 Å². The summed E-state index contributed by atoms with van der Waals surface area (Å²) in [5.41, 5.74) is 0.834. The highest BCUT2D eigenvalue weighted by molar-refractivity contribution is 6.53. The number of imide groups is 1. The third kappa shape index (κ3) is 3.21. The van der Waals surface area contributed by atoms with Gasteiger partial charge in [-0.2, -0.15) is 0 Å². The minimum absolute atomic E-state index is 0.0271. The number of nitrogens with one attached hydrogen (secondary N) is 1. The second kappa shape index (κ2) is 7.27. The molecule has 0 atom stereocenters. The van der Waals surface area contributed by atoms with E-state index in [1.807, 2.05) is 0 Å². The van der Waals surface area contributed by atoms with Crippen molar-refractivity contribution in [2.24, 2.45) is 0 Å². The Morgan fingerprint density at radius 2 is 1.73 bits per heavy atom. The quantitative estimate of drug-likeness (QED) is 0.783. The van der Waals surface area contributed by atoms with Crippen LogP contribution < -0.4 is 19.7 Å². The van der Waals surface area contributed by atoms with Crippen LogP contribution in [-0.2, 0) is 9.59 Å². The van der Waals surface area contributed by atoms with E-state index < -0.39 is 11.8 Å². The predicted molar refractivity (Wildman–Crippen MR) is 100.0 cm³/mol. The van der Waals surface area contributed by atoms with Gasteiger partial charge in [-0.05, 0) is 30.3 Å². The van der Waals surface area contributed by atoms with Gasteiger partial charge in [0.2, 0.25) is 0 Å². The van der Waals surface area contributed by atoms with E-state index in [1.165, 1.54) is 14.2 Å². The maximum atomic E-state index is 12.7. The Hall–Kier alpha value is -2.70. The Morgan fingerprint density at radius 3 is 2.38 bits per heavy atom.